The van der Waals surface area contributed by atoms with Crippen molar-refractivity contribution in [1.82, 2.24) is 9.88 Å². The molecule has 0 spiro atoms. The predicted octanol–water partition coefficient (Wildman–Crippen LogP) is 3.69. The van der Waals surface area contributed by atoms with Crippen molar-refractivity contribution in [2.45, 2.75) is 39.2 Å². The molecule has 3 rings (SSSR count). The minimum atomic E-state index is -0.715. The molecule has 1 saturated heterocycles. The maximum Gasteiger partial charge on any atom is 0.307 e. The quantitative estimate of drug-likeness (QED) is 0.926. The van der Waals surface area contributed by atoms with E-state index in [1.54, 1.807) is 0 Å². The molecule has 1 N–H and O–H groups in total. The summed E-state index contributed by atoms with van der Waals surface area (Å²) in [5.41, 5.74) is 2.23. The molecule has 0 radical (unpaired) electrons. The van der Waals surface area contributed by atoms with Gasteiger partial charge in [-0.05, 0) is 30.7 Å². The van der Waals surface area contributed by atoms with E-state index in [0.717, 1.165) is 17.6 Å². The Hall–Kier alpha value is -1.59. The van der Waals surface area contributed by atoms with Gasteiger partial charge in [-0.25, -0.2) is 4.98 Å². The normalized spacial score (nSPS) is 19.6. The molecule has 1 unspecified atom stereocenters. The van der Waals surface area contributed by atoms with Crippen LogP contribution in [0.5, 0.6) is 0 Å². The summed E-state index contributed by atoms with van der Waals surface area (Å²) in [6.45, 7) is 8.18. The fraction of sp³-hybridized carbons (Fsp3) is 0.529. The van der Waals surface area contributed by atoms with Crippen LogP contribution in [0.1, 0.15) is 38.6 Å². The van der Waals surface area contributed by atoms with Crippen LogP contribution in [0.2, 0.25) is 5.02 Å². The molecule has 1 aromatic heterocycles. The van der Waals surface area contributed by atoms with Crippen molar-refractivity contribution in [3.8, 4) is 0 Å². The first-order chi connectivity index (χ1) is 10.7. The van der Waals surface area contributed by atoms with Crippen molar-refractivity contribution in [2.24, 2.45) is 5.92 Å². The number of nitrogens with zero attached hydrogens (tertiary/aromatic N) is 2. The first-order valence-corrected chi connectivity index (χ1v) is 8.16. The highest BCUT2D eigenvalue weighted by molar-refractivity contribution is 6.34. The zero-order valence-corrected chi connectivity index (χ0v) is 14.4. The lowest BCUT2D eigenvalue weighted by molar-refractivity contribution is -0.141. The third-order valence-corrected chi connectivity index (χ3v) is 4.45. The van der Waals surface area contributed by atoms with Crippen molar-refractivity contribution in [3.63, 3.8) is 0 Å². The number of carboxylic acids is 1. The molecule has 2 heterocycles. The zero-order valence-electron chi connectivity index (χ0n) is 13.6. The van der Waals surface area contributed by atoms with Crippen LogP contribution in [0.25, 0.3) is 11.1 Å². The van der Waals surface area contributed by atoms with Gasteiger partial charge in [0, 0.05) is 18.5 Å². The van der Waals surface area contributed by atoms with E-state index >= 15 is 0 Å². The summed E-state index contributed by atoms with van der Waals surface area (Å²) in [6.07, 6.45) is 0.698. The van der Waals surface area contributed by atoms with Crippen molar-refractivity contribution < 1.29 is 14.3 Å². The van der Waals surface area contributed by atoms with E-state index in [4.69, 9.17) is 21.1 Å². The number of fused-ring (bicyclic) bond motifs is 1. The van der Waals surface area contributed by atoms with Crippen molar-refractivity contribution in [3.05, 3.63) is 28.6 Å². The lowest BCUT2D eigenvalue weighted by Gasteiger charge is -2.15. The van der Waals surface area contributed by atoms with Gasteiger partial charge in [0.25, 0.3) is 0 Å². The van der Waals surface area contributed by atoms with Crippen LogP contribution in [0, 0.1) is 5.92 Å². The Labute approximate surface area is 140 Å². The largest absolute Gasteiger partial charge is 0.481 e. The summed E-state index contributed by atoms with van der Waals surface area (Å²) in [4.78, 5) is 17.8. The second-order valence-electron chi connectivity index (χ2n) is 7.25. The Morgan fingerprint density at radius 2 is 2.22 bits per heavy atom. The summed E-state index contributed by atoms with van der Waals surface area (Å²) in [6, 6.07) is 3.86. The standard InChI is InChI=1S/C17H21ClN2O3/c1-17(2,3)16-19-13-7-10(6-12(18)14(13)23-16)8-20-5-4-11(9-20)15(21)22/h6-7,11H,4-5,8-9H2,1-3H3,(H,21,22). The predicted molar refractivity (Wildman–Crippen MR) is 88.7 cm³/mol. The number of rotatable bonds is 3. The molecule has 0 bridgehead atoms. The molecule has 23 heavy (non-hydrogen) atoms. The van der Waals surface area contributed by atoms with E-state index in [1.807, 2.05) is 32.9 Å². The molecular weight excluding hydrogens is 316 g/mol. The molecule has 0 saturated carbocycles. The van der Waals surface area contributed by atoms with Gasteiger partial charge in [0.1, 0.15) is 5.52 Å². The smallest absolute Gasteiger partial charge is 0.307 e. The highest BCUT2D eigenvalue weighted by atomic mass is 35.5. The van der Waals surface area contributed by atoms with E-state index < -0.39 is 5.97 Å². The Kier molecular flexibility index (Phi) is 4.10. The Morgan fingerprint density at radius 1 is 1.48 bits per heavy atom. The van der Waals surface area contributed by atoms with Gasteiger partial charge in [-0.1, -0.05) is 32.4 Å². The number of halogens is 1. The van der Waals surface area contributed by atoms with Crippen LogP contribution in [-0.2, 0) is 16.8 Å². The molecule has 1 aromatic carbocycles. The molecule has 0 aliphatic carbocycles. The number of benzene rings is 1. The van der Waals surface area contributed by atoms with Gasteiger partial charge in [0.15, 0.2) is 5.58 Å². The van der Waals surface area contributed by atoms with Gasteiger partial charge in [-0.15, -0.1) is 0 Å². The summed E-state index contributed by atoms with van der Waals surface area (Å²) >= 11 is 6.34. The van der Waals surface area contributed by atoms with E-state index in [2.05, 4.69) is 9.88 Å². The number of likely N-dealkylation sites (tertiary alicyclic amines) is 1. The topological polar surface area (TPSA) is 66.6 Å². The lowest BCUT2D eigenvalue weighted by atomic mass is 9.97. The van der Waals surface area contributed by atoms with Crippen molar-refractivity contribution in [1.29, 1.82) is 0 Å². The van der Waals surface area contributed by atoms with Crippen LogP contribution in [-0.4, -0.2) is 34.0 Å². The van der Waals surface area contributed by atoms with Gasteiger partial charge in [0.05, 0.1) is 10.9 Å². The minimum Gasteiger partial charge on any atom is -0.481 e. The van der Waals surface area contributed by atoms with E-state index in [1.165, 1.54) is 0 Å². The van der Waals surface area contributed by atoms with E-state index in [0.29, 0.717) is 36.0 Å². The summed E-state index contributed by atoms with van der Waals surface area (Å²) in [5.74, 6) is -0.320. The summed E-state index contributed by atoms with van der Waals surface area (Å²) < 4.78 is 5.80. The highest BCUT2D eigenvalue weighted by Crippen LogP contribution is 2.31. The third-order valence-electron chi connectivity index (χ3n) is 4.17. The monoisotopic (exact) mass is 336 g/mol. The molecule has 0 amide bonds. The zero-order chi connectivity index (χ0) is 16.8. The Morgan fingerprint density at radius 3 is 2.83 bits per heavy atom. The van der Waals surface area contributed by atoms with E-state index in [9.17, 15) is 4.79 Å². The van der Waals surface area contributed by atoms with Crippen LogP contribution < -0.4 is 0 Å². The van der Waals surface area contributed by atoms with Crippen LogP contribution in [0.3, 0.4) is 0 Å². The molecule has 2 aromatic rings. The SMILES string of the molecule is CC(C)(C)c1nc2cc(CN3CCC(C(=O)O)C3)cc(Cl)c2o1. The van der Waals surface area contributed by atoms with Gasteiger partial charge in [-0.3, -0.25) is 9.69 Å². The molecule has 5 nitrogen and oxygen atoms in total. The van der Waals surface area contributed by atoms with Crippen LogP contribution in [0.4, 0.5) is 0 Å². The number of aromatic nitrogens is 1. The van der Waals surface area contributed by atoms with Gasteiger partial charge < -0.3 is 9.52 Å². The van der Waals surface area contributed by atoms with Crippen LogP contribution in [0.15, 0.2) is 16.5 Å². The van der Waals surface area contributed by atoms with Crippen molar-refractivity contribution >= 4 is 28.7 Å². The Bertz CT molecular complexity index is 748. The minimum absolute atomic E-state index is 0.174. The number of oxazole rings is 1. The summed E-state index contributed by atoms with van der Waals surface area (Å²) in [5, 5.41) is 9.64. The van der Waals surface area contributed by atoms with Gasteiger partial charge in [0.2, 0.25) is 5.89 Å². The molecule has 6 heteroatoms. The molecule has 1 atom stereocenters. The molecular formula is C17H21ClN2O3. The molecule has 1 aliphatic heterocycles. The first kappa shape index (κ1) is 16.3. The fourth-order valence-corrected chi connectivity index (χ4v) is 3.17. The molecule has 1 aliphatic rings. The number of carbonyl (C=O) groups is 1. The highest BCUT2D eigenvalue weighted by Gasteiger charge is 2.28. The molecule has 124 valence electrons. The summed E-state index contributed by atoms with van der Waals surface area (Å²) in [7, 11) is 0. The number of hydrogen-bond donors (Lipinski definition) is 1. The van der Waals surface area contributed by atoms with E-state index in [-0.39, 0.29) is 11.3 Å². The van der Waals surface area contributed by atoms with Gasteiger partial charge >= 0.3 is 5.97 Å². The third kappa shape index (κ3) is 3.35. The lowest BCUT2D eigenvalue weighted by Crippen LogP contribution is -2.22. The number of carboxylic acid groups (broad SMARTS) is 1. The maximum atomic E-state index is 11.1. The van der Waals surface area contributed by atoms with Crippen molar-refractivity contribution in [2.75, 3.05) is 13.1 Å². The second kappa shape index (κ2) is 5.80. The van der Waals surface area contributed by atoms with Gasteiger partial charge in [-0.2, -0.15) is 0 Å². The second-order valence-corrected chi connectivity index (χ2v) is 7.66. The average Bonchev–Trinajstić information content (AvgIpc) is 3.04. The first-order valence-electron chi connectivity index (χ1n) is 7.78. The van der Waals surface area contributed by atoms with Crippen LogP contribution >= 0.6 is 11.6 Å². The number of hydrogen-bond acceptors (Lipinski definition) is 4. The fourth-order valence-electron chi connectivity index (χ4n) is 2.89. The molecule has 1 fully saturated rings. The maximum absolute atomic E-state index is 11.1. The number of aliphatic carboxylic acids is 1. The average molecular weight is 337 g/mol. The Balaban J connectivity index is 1.84.